The highest BCUT2D eigenvalue weighted by molar-refractivity contribution is 5.90. The number of rotatable bonds is 5. The molecule has 0 saturated carbocycles. The van der Waals surface area contributed by atoms with Gasteiger partial charge in [0.1, 0.15) is 18.0 Å². The van der Waals surface area contributed by atoms with Crippen molar-refractivity contribution in [1.82, 2.24) is 0 Å². The van der Waals surface area contributed by atoms with Gasteiger partial charge in [0.15, 0.2) is 0 Å². The summed E-state index contributed by atoms with van der Waals surface area (Å²) in [4.78, 5) is 13.4. The van der Waals surface area contributed by atoms with Crippen LogP contribution in [0.5, 0.6) is 5.75 Å². The second-order valence-corrected chi connectivity index (χ2v) is 5.96. The minimum atomic E-state index is -4.18. The van der Waals surface area contributed by atoms with Gasteiger partial charge < -0.3 is 14.2 Å². The largest absolute Gasteiger partial charge is 0.490 e. The first-order chi connectivity index (χ1) is 11.4. The molecule has 132 valence electrons. The second kappa shape index (κ2) is 6.51. The van der Waals surface area contributed by atoms with Crippen LogP contribution in [0, 0.1) is 0 Å². The number of anilines is 1. The maximum atomic E-state index is 12.3. The third-order valence-corrected chi connectivity index (χ3v) is 4.07. The Kier molecular flexibility index (Phi) is 4.58. The van der Waals surface area contributed by atoms with Crippen molar-refractivity contribution >= 4 is 11.8 Å². The van der Waals surface area contributed by atoms with E-state index < -0.39 is 24.8 Å². The topological polar surface area (TPSA) is 48.0 Å². The molecular weight excluding hydrogens is 327 g/mol. The van der Waals surface area contributed by atoms with Gasteiger partial charge in [-0.1, -0.05) is 0 Å². The number of hydrogen-bond acceptors (Lipinski definition) is 4. The van der Waals surface area contributed by atoms with Gasteiger partial charge in [0.25, 0.3) is 0 Å². The lowest BCUT2D eigenvalue weighted by molar-refractivity contribution is -0.138. The first-order valence-electron chi connectivity index (χ1n) is 7.69. The van der Waals surface area contributed by atoms with Crippen LogP contribution in [0.3, 0.4) is 0 Å². The van der Waals surface area contributed by atoms with Crippen molar-refractivity contribution in [3.05, 3.63) is 23.8 Å². The predicted molar refractivity (Wildman–Crippen MR) is 79.3 cm³/mol. The van der Waals surface area contributed by atoms with Gasteiger partial charge in [-0.25, -0.2) is 4.79 Å². The third-order valence-electron chi connectivity index (χ3n) is 4.07. The zero-order valence-electron chi connectivity index (χ0n) is 13.1. The number of hydrogen-bond donors (Lipinski definition) is 0. The molecule has 1 aromatic rings. The van der Waals surface area contributed by atoms with Gasteiger partial charge in [-0.3, -0.25) is 4.90 Å². The Bertz CT molecular complexity index is 620. The summed E-state index contributed by atoms with van der Waals surface area (Å²) in [5.74, 6) is 0.576. The lowest BCUT2D eigenvalue weighted by Gasteiger charge is -2.14. The molecular formula is C16H18F3NO4. The minimum Gasteiger partial charge on any atom is -0.490 e. The summed E-state index contributed by atoms with van der Waals surface area (Å²) in [6.07, 6.45) is -5.98. The lowest BCUT2D eigenvalue weighted by atomic mass is 10.1. The van der Waals surface area contributed by atoms with E-state index >= 15 is 0 Å². The molecule has 0 aromatic heterocycles. The van der Waals surface area contributed by atoms with Crippen LogP contribution in [-0.4, -0.2) is 44.7 Å². The Labute approximate surface area is 137 Å². The van der Waals surface area contributed by atoms with E-state index in [1.54, 1.807) is 18.2 Å². The van der Waals surface area contributed by atoms with Crippen LogP contribution in [-0.2, 0) is 15.9 Å². The Morgan fingerprint density at radius 1 is 1.29 bits per heavy atom. The summed E-state index contributed by atoms with van der Waals surface area (Å²) >= 11 is 0. The average molecular weight is 345 g/mol. The van der Waals surface area contributed by atoms with Crippen LogP contribution in [0.1, 0.15) is 18.4 Å². The molecule has 0 N–H and O–H groups in total. The zero-order valence-corrected chi connectivity index (χ0v) is 13.1. The molecule has 1 amide bonds. The van der Waals surface area contributed by atoms with Crippen molar-refractivity contribution in [2.45, 2.75) is 37.6 Å². The van der Waals surface area contributed by atoms with E-state index in [4.69, 9.17) is 14.2 Å². The fourth-order valence-corrected chi connectivity index (χ4v) is 2.97. The quantitative estimate of drug-likeness (QED) is 0.822. The Hall–Kier alpha value is -1.96. The molecule has 0 bridgehead atoms. The molecule has 1 aromatic carbocycles. The molecule has 1 saturated heterocycles. The van der Waals surface area contributed by atoms with E-state index in [-0.39, 0.29) is 12.5 Å². The monoisotopic (exact) mass is 345 g/mol. The van der Waals surface area contributed by atoms with Crippen LogP contribution in [0.25, 0.3) is 0 Å². The fourth-order valence-electron chi connectivity index (χ4n) is 2.97. The maximum Gasteiger partial charge on any atom is 0.414 e. The van der Waals surface area contributed by atoms with Gasteiger partial charge in [0.05, 0.1) is 13.2 Å². The number of alkyl halides is 3. The molecule has 2 aliphatic rings. The fraction of sp³-hybridized carbons (Fsp3) is 0.562. The van der Waals surface area contributed by atoms with E-state index in [0.717, 1.165) is 5.56 Å². The first-order valence-corrected chi connectivity index (χ1v) is 7.69. The molecule has 0 aliphatic carbocycles. The molecule has 2 unspecified atom stereocenters. The number of ether oxygens (including phenoxy) is 3. The number of halogens is 3. The van der Waals surface area contributed by atoms with Crippen molar-refractivity contribution < 1.29 is 32.2 Å². The number of amides is 1. The van der Waals surface area contributed by atoms with Crippen LogP contribution in [0.2, 0.25) is 0 Å². The highest BCUT2D eigenvalue weighted by Crippen LogP contribution is 2.36. The molecule has 1 fully saturated rings. The van der Waals surface area contributed by atoms with Gasteiger partial charge in [-0.05, 0) is 30.2 Å². The highest BCUT2D eigenvalue weighted by atomic mass is 19.4. The van der Waals surface area contributed by atoms with Gasteiger partial charge in [0.2, 0.25) is 0 Å². The molecule has 2 aliphatic heterocycles. The summed E-state index contributed by atoms with van der Waals surface area (Å²) in [5.41, 5.74) is 1.46. The van der Waals surface area contributed by atoms with Crippen LogP contribution >= 0.6 is 0 Å². The highest BCUT2D eigenvalue weighted by Gasteiger charge is 2.34. The predicted octanol–water partition coefficient (Wildman–Crippen LogP) is 3.30. The van der Waals surface area contributed by atoms with Crippen LogP contribution in [0.15, 0.2) is 18.2 Å². The molecule has 0 spiro atoms. The number of nitrogens with zero attached hydrogens (tertiary/aromatic N) is 1. The summed E-state index contributed by atoms with van der Waals surface area (Å²) in [6.45, 7) is 0.694. The number of carbonyl (C=O) groups is 1. The Balaban J connectivity index is 1.65. The van der Waals surface area contributed by atoms with Gasteiger partial charge in [-0.15, -0.1) is 0 Å². The first kappa shape index (κ1) is 16.9. The van der Waals surface area contributed by atoms with Gasteiger partial charge >= 0.3 is 12.3 Å². The van der Waals surface area contributed by atoms with Crippen molar-refractivity contribution in [2.24, 2.45) is 0 Å². The number of carbonyl (C=O) groups excluding carboxylic acids is 1. The molecule has 0 radical (unpaired) electrons. The molecule has 24 heavy (non-hydrogen) atoms. The van der Waals surface area contributed by atoms with Crippen molar-refractivity contribution in [3.63, 3.8) is 0 Å². The summed E-state index contributed by atoms with van der Waals surface area (Å²) in [5, 5.41) is 0. The smallest absolute Gasteiger partial charge is 0.414 e. The normalized spacial score (nSPS) is 23.2. The van der Waals surface area contributed by atoms with E-state index in [2.05, 4.69) is 0 Å². The molecule has 2 atom stereocenters. The number of methoxy groups -OCH3 is 1. The van der Waals surface area contributed by atoms with Crippen LogP contribution in [0.4, 0.5) is 23.7 Å². The van der Waals surface area contributed by atoms with Crippen molar-refractivity contribution in [2.75, 3.05) is 25.2 Å². The third kappa shape index (κ3) is 3.75. The molecule has 2 heterocycles. The van der Waals surface area contributed by atoms with E-state index in [9.17, 15) is 18.0 Å². The summed E-state index contributed by atoms with van der Waals surface area (Å²) < 4.78 is 52.7. The van der Waals surface area contributed by atoms with Gasteiger partial charge in [0, 0.05) is 25.6 Å². The second-order valence-electron chi connectivity index (χ2n) is 5.96. The average Bonchev–Trinajstić information content (AvgIpc) is 3.07. The van der Waals surface area contributed by atoms with Crippen molar-refractivity contribution in [1.29, 1.82) is 0 Å². The number of fused-ring (bicyclic) bond motifs is 1. The number of cyclic esters (lactones) is 1. The maximum absolute atomic E-state index is 12.3. The lowest BCUT2D eigenvalue weighted by Crippen LogP contribution is -2.25. The molecule has 8 heteroatoms. The molecule has 3 rings (SSSR count). The Morgan fingerprint density at radius 3 is 2.79 bits per heavy atom. The van der Waals surface area contributed by atoms with Crippen molar-refractivity contribution in [3.8, 4) is 5.75 Å². The number of benzene rings is 1. The zero-order chi connectivity index (χ0) is 17.3. The van der Waals surface area contributed by atoms with Gasteiger partial charge in [-0.2, -0.15) is 13.2 Å². The van der Waals surface area contributed by atoms with E-state index in [1.165, 1.54) is 12.0 Å². The minimum absolute atomic E-state index is 0.0742. The van der Waals surface area contributed by atoms with E-state index in [0.29, 0.717) is 31.0 Å². The summed E-state index contributed by atoms with van der Waals surface area (Å²) in [6, 6.07) is 5.18. The Morgan fingerprint density at radius 2 is 2.08 bits per heavy atom. The SMILES string of the molecule is COCC1CN(c2ccc3c(c2)CC(CCC(F)(F)F)O3)C(=O)O1. The van der Waals surface area contributed by atoms with Crippen LogP contribution < -0.4 is 9.64 Å². The van der Waals surface area contributed by atoms with E-state index in [1.807, 2.05) is 0 Å². The summed E-state index contributed by atoms with van der Waals surface area (Å²) in [7, 11) is 1.53. The molecule has 5 nitrogen and oxygen atoms in total. The standard InChI is InChI=1S/C16H18F3NO4/c1-22-9-13-8-20(15(21)24-13)11-2-3-14-10(6-11)7-12(23-14)4-5-16(17,18)19/h2-3,6,12-13H,4-5,7-9H2,1H3.